The maximum Gasteiger partial charge on any atom is 0.471 e. The summed E-state index contributed by atoms with van der Waals surface area (Å²) in [5, 5.41) is 1.85. The highest BCUT2D eigenvalue weighted by Crippen LogP contribution is 2.30. The molecule has 2 aliphatic heterocycles. The number of hydrogen-bond acceptors (Lipinski definition) is 4. The lowest BCUT2D eigenvalue weighted by atomic mass is 9.99. The Bertz CT molecular complexity index is 1040. The summed E-state index contributed by atoms with van der Waals surface area (Å²) >= 11 is 0. The smallest absolute Gasteiger partial charge is 0.337 e. The highest BCUT2D eigenvalue weighted by molar-refractivity contribution is 6.00. The number of rotatable bonds is 3. The molecule has 31 heavy (non-hydrogen) atoms. The third kappa shape index (κ3) is 3.84. The van der Waals surface area contributed by atoms with E-state index in [9.17, 15) is 27.6 Å². The minimum atomic E-state index is -5.06. The van der Waals surface area contributed by atoms with E-state index >= 15 is 0 Å². The molecular weight excluding hydrogens is 415 g/mol. The molecule has 0 aliphatic carbocycles. The Morgan fingerprint density at radius 1 is 1.29 bits per heavy atom. The number of carbonyl (C=O) groups is 3. The Labute approximate surface area is 176 Å². The van der Waals surface area contributed by atoms with Gasteiger partial charge in [0.15, 0.2) is 0 Å². The third-order valence-corrected chi connectivity index (χ3v) is 6.04. The van der Waals surface area contributed by atoms with E-state index in [1.807, 2.05) is 5.32 Å². The summed E-state index contributed by atoms with van der Waals surface area (Å²) in [5.41, 5.74) is -0.438. The van der Waals surface area contributed by atoms with Gasteiger partial charge in [0.05, 0.1) is 23.6 Å². The lowest BCUT2D eigenvalue weighted by molar-refractivity contribution is -0.176. The highest BCUT2D eigenvalue weighted by atomic mass is 19.4. The van der Waals surface area contributed by atoms with E-state index in [4.69, 9.17) is 0 Å². The Morgan fingerprint density at radius 2 is 2.06 bits per heavy atom. The monoisotopic (exact) mass is 437 g/mol. The van der Waals surface area contributed by atoms with Crippen molar-refractivity contribution in [3.8, 4) is 0 Å². The molecule has 2 atom stereocenters. The van der Waals surface area contributed by atoms with Crippen molar-refractivity contribution in [3.63, 3.8) is 0 Å². The van der Waals surface area contributed by atoms with Crippen molar-refractivity contribution in [2.24, 2.45) is 0 Å². The van der Waals surface area contributed by atoms with Crippen molar-refractivity contribution in [1.82, 2.24) is 24.5 Å². The number of imidazole rings is 1. The molecule has 2 saturated heterocycles. The Hall–Kier alpha value is -3.11. The molecule has 3 amide bonds. The summed E-state index contributed by atoms with van der Waals surface area (Å²) in [6.07, 6.45) is 1.31. The van der Waals surface area contributed by atoms with Crippen LogP contribution in [0.15, 0.2) is 30.9 Å². The molecule has 2 aliphatic rings. The predicted molar refractivity (Wildman–Crippen MR) is 103 cm³/mol. The summed E-state index contributed by atoms with van der Waals surface area (Å²) in [5.74, 6) is -2.86. The number of pyridine rings is 1. The van der Waals surface area contributed by atoms with Crippen molar-refractivity contribution in [2.45, 2.75) is 43.9 Å². The fourth-order valence-corrected chi connectivity index (χ4v) is 4.35. The molecule has 1 N–H and O–H groups in total. The number of nitrogens with one attached hydrogen (secondary N) is 1. The van der Waals surface area contributed by atoms with Gasteiger partial charge in [-0.05, 0) is 38.3 Å². The minimum absolute atomic E-state index is 0.0766. The molecule has 4 heterocycles. The van der Waals surface area contributed by atoms with Gasteiger partial charge in [-0.2, -0.15) is 13.2 Å². The molecule has 2 fully saturated rings. The van der Waals surface area contributed by atoms with Crippen molar-refractivity contribution < 1.29 is 27.6 Å². The van der Waals surface area contributed by atoms with Gasteiger partial charge in [0.2, 0.25) is 5.91 Å². The normalized spacial score (nSPS) is 24.6. The van der Waals surface area contributed by atoms with E-state index in [1.165, 1.54) is 11.8 Å². The van der Waals surface area contributed by atoms with Crippen molar-refractivity contribution in [2.75, 3.05) is 19.6 Å². The van der Waals surface area contributed by atoms with Crippen LogP contribution in [-0.4, -0.2) is 74.3 Å². The fraction of sp³-hybridized carbons (Fsp3) is 0.500. The number of piperidine rings is 1. The zero-order chi connectivity index (χ0) is 22.4. The average Bonchev–Trinajstić information content (AvgIpc) is 3.32. The molecule has 2 aromatic rings. The van der Waals surface area contributed by atoms with E-state index in [0.717, 1.165) is 0 Å². The number of likely N-dealkylation sites (tertiary alicyclic amines) is 2. The van der Waals surface area contributed by atoms with Crippen LogP contribution >= 0.6 is 0 Å². The summed E-state index contributed by atoms with van der Waals surface area (Å²) < 4.78 is 39.7. The molecular formula is C20H22F3N5O3. The van der Waals surface area contributed by atoms with Crippen molar-refractivity contribution >= 4 is 23.2 Å². The molecule has 0 bridgehead atoms. The van der Waals surface area contributed by atoms with E-state index < -0.39 is 23.5 Å². The number of hydrogen-bond donors (Lipinski definition) is 1. The van der Waals surface area contributed by atoms with Gasteiger partial charge in [0, 0.05) is 31.9 Å². The second-order valence-electron chi connectivity index (χ2n) is 8.19. The maximum absolute atomic E-state index is 13.1. The Morgan fingerprint density at radius 3 is 2.81 bits per heavy atom. The van der Waals surface area contributed by atoms with Crippen LogP contribution in [0.3, 0.4) is 0 Å². The zero-order valence-electron chi connectivity index (χ0n) is 16.9. The van der Waals surface area contributed by atoms with Crippen LogP contribution < -0.4 is 5.32 Å². The summed E-state index contributed by atoms with van der Waals surface area (Å²) in [7, 11) is 0. The van der Waals surface area contributed by atoms with E-state index in [-0.39, 0.29) is 31.5 Å². The predicted octanol–water partition coefficient (Wildman–Crippen LogP) is 1.61. The van der Waals surface area contributed by atoms with Crippen LogP contribution in [0.5, 0.6) is 0 Å². The highest BCUT2D eigenvalue weighted by Gasteiger charge is 2.50. The number of fused-ring (bicyclic) bond motifs is 1. The van der Waals surface area contributed by atoms with Gasteiger partial charge in [-0.15, -0.1) is 0 Å². The van der Waals surface area contributed by atoms with Crippen LogP contribution in [0.25, 0.3) is 5.52 Å². The molecule has 11 heteroatoms. The number of aromatic nitrogens is 2. The lowest BCUT2D eigenvalue weighted by Crippen LogP contribution is -2.57. The van der Waals surface area contributed by atoms with Gasteiger partial charge in [0.25, 0.3) is 5.91 Å². The van der Waals surface area contributed by atoms with Gasteiger partial charge >= 0.3 is 12.1 Å². The van der Waals surface area contributed by atoms with Gasteiger partial charge < -0.3 is 19.5 Å². The molecule has 0 radical (unpaired) electrons. The van der Waals surface area contributed by atoms with E-state index in [0.29, 0.717) is 30.5 Å². The molecule has 0 aromatic carbocycles. The molecule has 2 aromatic heterocycles. The van der Waals surface area contributed by atoms with Crippen molar-refractivity contribution in [3.05, 3.63) is 36.4 Å². The summed E-state index contributed by atoms with van der Waals surface area (Å²) in [4.78, 5) is 44.6. The average molecular weight is 437 g/mol. The molecule has 0 spiro atoms. The molecule has 0 unspecified atom stereocenters. The first-order valence-corrected chi connectivity index (χ1v) is 10.0. The number of carbonyl (C=O) groups excluding carboxylic acids is 3. The maximum atomic E-state index is 13.1. The van der Waals surface area contributed by atoms with Gasteiger partial charge in [-0.1, -0.05) is 0 Å². The zero-order valence-corrected chi connectivity index (χ0v) is 16.9. The fourth-order valence-electron chi connectivity index (χ4n) is 4.35. The van der Waals surface area contributed by atoms with E-state index in [1.54, 1.807) is 40.2 Å². The number of amides is 3. The Balaban J connectivity index is 1.48. The first kappa shape index (κ1) is 21.1. The second kappa shape index (κ2) is 7.54. The SMILES string of the molecule is C[C@]1(NC(=O)C(F)(F)F)CCN([C@H]2CCCN(C(=O)c3cccn4cncc34)C2)C1=O. The first-order chi connectivity index (χ1) is 14.6. The minimum Gasteiger partial charge on any atom is -0.337 e. The summed E-state index contributed by atoms with van der Waals surface area (Å²) in [6.45, 7) is 2.33. The number of nitrogens with zero attached hydrogens (tertiary/aromatic N) is 4. The number of halogens is 3. The van der Waals surface area contributed by atoms with Gasteiger partial charge in [-0.25, -0.2) is 4.98 Å². The third-order valence-electron chi connectivity index (χ3n) is 6.04. The Kier molecular flexibility index (Phi) is 5.14. The topological polar surface area (TPSA) is 87.0 Å². The quantitative estimate of drug-likeness (QED) is 0.791. The van der Waals surface area contributed by atoms with Gasteiger partial charge in [0.1, 0.15) is 5.54 Å². The van der Waals surface area contributed by atoms with Crippen molar-refractivity contribution in [1.29, 1.82) is 0 Å². The molecule has 166 valence electrons. The van der Waals surface area contributed by atoms with Gasteiger partial charge in [-0.3, -0.25) is 14.4 Å². The van der Waals surface area contributed by atoms with Crippen LogP contribution in [0.4, 0.5) is 13.2 Å². The molecule has 8 nitrogen and oxygen atoms in total. The standard InChI is InChI=1S/C20H22F3N5O3/c1-19(25-17(30)20(21,22)23)6-9-28(18(19)31)13-4-2-7-26(11-13)16(29)14-5-3-8-27-12-24-10-15(14)27/h3,5,8,10,12-13H,2,4,6-7,9,11H2,1H3,(H,25,30)/t13-,19-/m0/s1. The van der Waals surface area contributed by atoms with Crippen LogP contribution in [0.2, 0.25) is 0 Å². The summed E-state index contributed by atoms with van der Waals surface area (Å²) in [6, 6.07) is 3.15. The van der Waals surface area contributed by atoms with Crippen LogP contribution in [0, 0.1) is 0 Å². The molecule has 0 saturated carbocycles. The lowest BCUT2D eigenvalue weighted by Gasteiger charge is -2.38. The van der Waals surface area contributed by atoms with E-state index in [2.05, 4.69) is 4.98 Å². The number of alkyl halides is 3. The van der Waals surface area contributed by atoms with Crippen LogP contribution in [-0.2, 0) is 9.59 Å². The largest absolute Gasteiger partial charge is 0.471 e. The molecule has 4 rings (SSSR count). The second-order valence-corrected chi connectivity index (χ2v) is 8.19. The first-order valence-electron chi connectivity index (χ1n) is 10.0. The van der Waals surface area contributed by atoms with Crippen LogP contribution in [0.1, 0.15) is 36.5 Å².